The molecule has 0 aliphatic carbocycles. The highest BCUT2D eigenvalue weighted by molar-refractivity contribution is 5.33. The second kappa shape index (κ2) is 5.06. The van der Waals surface area contributed by atoms with Gasteiger partial charge in [0.1, 0.15) is 5.75 Å². The van der Waals surface area contributed by atoms with Crippen molar-refractivity contribution in [2.75, 3.05) is 0 Å². The summed E-state index contributed by atoms with van der Waals surface area (Å²) in [4.78, 5) is 2.51. The van der Waals surface area contributed by atoms with E-state index in [0.29, 0.717) is 11.8 Å². The van der Waals surface area contributed by atoms with Gasteiger partial charge in [-0.2, -0.15) is 0 Å². The van der Waals surface area contributed by atoms with Crippen LogP contribution in [0.2, 0.25) is 0 Å². The van der Waals surface area contributed by atoms with Gasteiger partial charge in [-0.15, -0.1) is 0 Å². The zero-order valence-corrected chi connectivity index (χ0v) is 11.2. The molecule has 0 saturated carbocycles. The Bertz CT molecular complexity index is 537. The molecule has 1 N–H and O–H groups in total. The lowest BCUT2D eigenvalue weighted by Gasteiger charge is -2.27. The first kappa shape index (κ1) is 12.2. The molecule has 1 heterocycles. The zero-order valence-electron chi connectivity index (χ0n) is 11.2. The Morgan fingerprint density at radius 1 is 1.00 bits per heavy atom. The van der Waals surface area contributed by atoms with E-state index in [1.807, 2.05) is 12.1 Å². The fraction of sp³-hybridized carbons (Fsp3) is 0.294. The molecule has 0 amide bonds. The Labute approximate surface area is 114 Å². The van der Waals surface area contributed by atoms with E-state index in [1.54, 1.807) is 12.1 Å². The summed E-state index contributed by atoms with van der Waals surface area (Å²) in [6, 6.07) is 16.7. The van der Waals surface area contributed by atoms with Crippen LogP contribution in [0, 0.1) is 0 Å². The third-order valence-electron chi connectivity index (χ3n) is 3.97. The monoisotopic (exact) mass is 253 g/mol. The number of hydrogen-bond acceptors (Lipinski definition) is 2. The van der Waals surface area contributed by atoms with Crippen LogP contribution in [0.3, 0.4) is 0 Å². The second-order valence-electron chi connectivity index (χ2n) is 5.19. The normalized spacial score (nSPS) is 16.3. The lowest BCUT2D eigenvalue weighted by Crippen LogP contribution is -2.22. The van der Waals surface area contributed by atoms with E-state index in [2.05, 4.69) is 36.1 Å². The van der Waals surface area contributed by atoms with E-state index in [4.69, 9.17) is 0 Å². The smallest absolute Gasteiger partial charge is 0.115 e. The van der Waals surface area contributed by atoms with E-state index < -0.39 is 0 Å². The Kier molecular flexibility index (Phi) is 3.26. The van der Waals surface area contributed by atoms with Gasteiger partial charge in [-0.25, -0.2) is 0 Å². The predicted octanol–water partition coefficient (Wildman–Crippen LogP) is 3.86. The van der Waals surface area contributed by atoms with E-state index in [-0.39, 0.29) is 0 Å². The van der Waals surface area contributed by atoms with Crippen molar-refractivity contribution >= 4 is 0 Å². The number of aromatic hydroxyl groups is 1. The first-order valence-corrected chi connectivity index (χ1v) is 6.87. The van der Waals surface area contributed by atoms with Crippen LogP contribution >= 0.6 is 0 Å². The summed E-state index contributed by atoms with van der Waals surface area (Å²) in [6.07, 6.45) is 1.08. The Hall–Kier alpha value is -1.80. The maximum Gasteiger partial charge on any atom is 0.115 e. The van der Waals surface area contributed by atoms with Gasteiger partial charge in [0.2, 0.25) is 0 Å². The van der Waals surface area contributed by atoms with Crippen LogP contribution in [0.5, 0.6) is 5.75 Å². The summed E-state index contributed by atoms with van der Waals surface area (Å²) in [5, 5.41) is 9.40. The van der Waals surface area contributed by atoms with Gasteiger partial charge in [0, 0.05) is 19.1 Å². The van der Waals surface area contributed by atoms with Gasteiger partial charge in [0.15, 0.2) is 0 Å². The first-order valence-electron chi connectivity index (χ1n) is 6.87. The fourth-order valence-electron chi connectivity index (χ4n) is 2.98. The van der Waals surface area contributed by atoms with Crippen molar-refractivity contribution in [1.29, 1.82) is 0 Å². The maximum absolute atomic E-state index is 9.40. The minimum Gasteiger partial charge on any atom is -0.508 e. The molecule has 2 aromatic rings. The quantitative estimate of drug-likeness (QED) is 0.898. The maximum atomic E-state index is 9.40. The molecule has 1 aliphatic heterocycles. The highest BCUT2D eigenvalue weighted by atomic mass is 16.3. The van der Waals surface area contributed by atoms with Crippen molar-refractivity contribution in [2.24, 2.45) is 0 Å². The van der Waals surface area contributed by atoms with Crippen LogP contribution in [-0.2, 0) is 13.1 Å². The third kappa shape index (κ3) is 2.36. The van der Waals surface area contributed by atoms with Crippen LogP contribution in [-0.4, -0.2) is 10.0 Å². The highest BCUT2D eigenvalue weighted by Crippen LogP contribution is 2.33. The van der Waals surface area contributed by atoms with E-state index in [9.17, 15) is 5.11 Å². The molecule has 0 bridgehead atoms. The lowest BCUT2D eigenvalue weighted by molar-refractivity contribution is 0.195. The number of phenolic OH excluding ortho intramolecular Hbond substituents is 1. The van der Waals surface area contributed by atoms with Crippen molar-refractivity contribution < 1.29 is 5.11 Å². The average molecular weight is 253 g/mol. The van der Waals surface area contributed by atoms with Crippen LogP contribution in [0.1, 0.15) is 36.1 Å². The fourth-order valence-corrected chi connectivity index (χ4v) is 2.98. The first-order chi connectivity index (χ1) is 9.28. The molecule has 1 aliphatic rings. The number of rotatable bonds is 3. The van der Waals surface area contributed by atoms with E-state index >= 15 is 0 Å². The van der Waals surface area contributed by atoms with Gasteiger partial charge < -0.3 is 5.11 Å². The average Bonchev–Trinajstić information content (AvgIpc) is 2.85. The zero-order chi connectivity index (χ0) is 13.2. The topological polar surface area (TPSA) is 23.5 Å². The Morgan fingerprint density at radius 3 is 2.11 bits per heavy atom. The van der Waals surface area contributed by atoms with Gasteiger partial charge in [0.25, 0.3) is 0 Å². The number of phenols is 1. The number of benzene rings is 2. The SMILES string of the molecule is CCC(c1ccc(O)cc1)N1Cc2ccccc2C1. The van der Waals surface area contributed by atoms with Crippen molar-refractivity contribution in [1.82, 2.24) is 4.90 Å². The molecule has 3 rings (SSSR count). The Morgan fingerprint density at radius 2 is 1.58 bits per heavy atom. The molecule has 0 radical (unpaired) electrons. The predicted molar refractivity (Wildman–Crippen MR) is 76.8 cm³/mol. The van der Waals surface area contributed by atoms with Crippen LogP contribution < -0.4 is 0 Å². The molecule has 1 unspecified atom stereocenters. The molecule has 98 valence electrons. The van der Waals surface area contributed by atoms with Crippen molar-refractivity contribution in [3.63, 3.8) is 0 Å². The minimum atomic E-state index is 0.336. The highest BCUT2D eigenvalue weighted by Gasteiger charge is 2.25. The molecule has 0 spiro atoms. The van der Waals surface area contributed by atoms with Crippen molar-refractivity contribution in [3.05, 3.63) is 65.2 Å². The van der Waals surface area contributed by atoms with Crippen molar-refractivity contribution in [3.8, 4) is 5.75 Å². The summed E-state index contributed by atoms with van der Waals surface area (Å²) in [5.41, 5.74) is 4.17. The molecule has 0 fully saturated rings. The number of fused-ring (bicyclic) bond motifs is 1. The van der Waals surface area contributed by atoms with Gasteiger partial charge in [0.05, 0.1) is 0 Å². The number of nitrogens with zero attached hydrogens (tertiary/aromatic N) is 1. The molecular formula is C17H19NO. The lowest BCUT2D eigenvalue weighted by atomic mass is 10.0. The second-order valence-corrected chi connectivity index (χ2v) is 5.19. The molecule has 0 aromatic heterocycles. The van der Waals surface area contributed by atoms with E-state index in [0.717, 1.165) is 19.5 Å². The summed E-state index contributed by atoms with van der Waals surface area (Å²) in [7, 11) is 0. The molecule has 1 atom stereocenters. The third-order valence-corrected chi connectivity index (χ3v) is 3.97. The van der Waals surface area contributed by atoms with Crippen LogP contribution in [0.15, 0.2) is 48.5 Å². The summed E-state index contributed by atoms with van der Waals surface area (Å²) < 4.78 is 0. The van der Waals surface area contributed by atoms with Gasteiger partial charge in [-0.1, -0.05) is 43.3 Å². The van der Waals surface area contributed by atoms with Gasteiger partial charge >= 0.3 is 0 Å². The summed E-state index contributed by atoms with van der Waals surface area (Å²) in [5.74, 6) is 0.336. The van der Waals surface area contributed by atoms with Crippen LogP contribution in [0.4, 0.5) is 0 Å². The standard InChI is InChI=1S/C17H19NO/c1-2-17(13-7-9-16(19)10-8-13)18-11-14-5-3-4-6-15(14)12-18/h3-10,17,19H,2,11-12H2,1H3. The van der Waals surface area contributed by atoms with Gasteiger partial charge in [-0.3, -0.25) is 4.90 Å². The van der Waals surface area contributed by atoms with E-state index in [1.165, 1.54) is 16.7 Å². The molecule has 2 heteroatoms. The molecule has 0 saturated heterocycles. The molecule has 19 heavy (non-hydrogen) atoms. The summed E-state index contributed by atoms with van der Waals surface area (Å²) >= 11 is 0. The van der Waals surface area contributed by atoms with Crippen molar-refractivity contribution in [2.45, 2.75) is 32.5 Å². The molecular weight excluding hydrogens is 234 g/mol. The van der Waals surface area contributed by atoms with Crippen LogP contribution in [0.25, 0.3) is 0 Å². The number of hydrogen-bond donors (Lipinski definition) is 1. The molecule has 2 aromatic carbocycles. The summed E-state index contributed by atoms with van der Waals surface area (Å²) in [6.45, 7) is 4.27. The molecule has 2 nitrogen and oxygen atoms in total. The Balaban J connectivity index is 1.83. The van der Waals surface area contributed by atoms with Gasteiger partial charge in [-0.05, 0) is 35.2 Å². The largest absolute Gasteiger partial charge is 0.508 e. The minimum absolute atomic E-state index is 0.336.